The first-order valence-corrected chi connectivity index (χ1v) is 8.89. The van der Waals surface area contributed by atoms with E-state index >= 15 is 0 Å². The van der Waals surface area contributed by atoms with Crippen molar-refractivity contribution in [2.45, 2.75) is 58.8 Å². The van der Waals surface area contributed by atoms with Gasteiger partial charge in [0.25, 0.3) is 0 Å². The van der Waals surface area contributed by atoms with Crippen LogP contribution in [0.3, 0.4) is 0 Å². The van der Waals surface area contributed by atoms with Crippen molar-refractivity contribution in [3.05, 3.63) is 0 Å². The highest BCUT2D eigenvalue weighted by molar-refractivity contribution is 5.76. The molecular weight excluding hydrogens is 262 g/mol. The summed E-state index contributed by atoms with van der Waals surface area (Å²) < 4.78 is 5.52. The minimum Gasteiger partial charge on any atom is -0.379 e. The molecule has 0 atom stereocenters. The third-order valence-corrected chi connectivity index (χ3v) is 5.72. The van der Waals surface area contributed by atoms with Crippen LogP contribution in [-0.2, 0) is 9.53 Å². The van der Waals surface area contributed by atoms with Crippen LogP contribution in [0.5, 0.6) is 0 Å². The number of rotatable bonds is 7. The van der Waals surface area contributed by atoms with Crippen molar-refractivity contribution in [1.82, 2.24) is 5.32 Å². The Bertz CT molecular complexity index is 342. The van der Waals surface area contributed by atoms with Gasteiger partial charge in [0.2, 0.25) is 5.91 Å². The summed E-state index contributed by atoms with van der Waals surface area (Å²) in [4.78, 5) is 12.3. The fourth-order valence-electron chi connectivity index (χ4n) is 5.49. The lowest BCUT2D eigenvalue weighted by Crippen LogP contribution is -2.48. The molecule has 1 N–H and O–H groups in total. The second-order valence-corrected chi connectivity index (χ2v) is 8.41. The molecule has 0 heterocycles. The Morgan fingerprint density at radius 2 is 1.71 bits per heavy atom. The first-order valence-electron chi connectivity index (χ1n) is 8.89. The minimum atomic E-state index is 0.255. The van der Waals surface area contributed by atoms with Crippen molar-refractivity contribution in [3.8, 4) is 0 Å². The fraction of sp³-hybridized carbons (Fsp3) is 0.944. The van der Waals surface area contributed by atoms with Crippen LogP contribution in [0, 0.1) is 29.1 Å². The van der Waals surface area contributed by atoms with Crippen LogP contribution < -0.4 is 5.32 Å². The van der Waals surface area contributed by atoms with Gasteiger partial charge in [-0.2, -0.15) is 0 Å². The van der Waals surface area contributed by atoms with Gasteiger partial charge >= 0.3 is 0 Å². The van der Waals surface area contributed by atoms with E-state index in [-0.39, 0.29) is 5.91 Å². The molecule has 0 spiro atoms. The summed E-state index contributed by atoms with van der Waals surface area (Å²) in [5.74, 6) is 3.60. The van der Waals surface area contributed by atoms with Crippen molar-refractivity contribution in [2.75, 3.05) is 19.8 Å². The standard InChI is InChI=1S/C18H31NO2/c1-13(2)12-21-4-3-19-17(20)11-18-8-14-5-15(9-18)7-16(6-14)10-18/h13-16H,3-12H2,1-2H3,(H,19,20). The van der Waals surface area contributed by atoms with Gasteiger partial charge in [0, 0.05) is 19.6 Å². The van der Waals surface area contributed by atoms with Gasteiger partial charge in [-0.15, -0.1) is 0 Å². The smallest absolute Gasteiger partial charge is 0.220 e. The third kappa shape index (κ3) is 3.80. The van der Waals surface area contributed by atoms with E-state index in [0.717, 1.165) is 30.8 Å². The molecule has 4 aliphatic rings. The number of hydrogen-bond acceptors (Lipinski definition) is 2. The Morgan fingerprint density at radius 1 is 1.14 bits per heavy atom. The summed E-state index contributed by atoms with van der Waals surface area (Å²) in [6.07, 6.45) is 9.06. The Kier molecular flexibility index (Phi) is 4.58. The number of carbonyl (C=O) groups excluding carboxylic acids is 1. The molecule has 0 saturated heterocycles. The summed E-state index contributed by atoms with van der Waals surface area (Å²) in [5, 5.41) is 3.07. The average molecular weight is 293 g/mol. The predicted octanol–water partition coefficient (Wildman–Crippen LogP) is 3.38. The molecule has 3 heteroatoms. The van der Waals surface area contributed by atoms with Gasteiger partial charge in [-0.25, -0.2) is 0 Å². The molecule has 0 radical (unpaired) electrons. The van der Waals surface area contributed by atoms with Crippen LogP contribution in [0.2, 0.25) is 0 Å². The molecule has 4 fully saturated rings. The zero-order valence-electron chi connectivity index (χ0n) is 13.7. The Balaban J connectivity index is 1.41. The fourth-order valence-corrected chi connectivity index (χ4v) is 5.49. The number of hydrogen-bond donors (Lipinski definition) is 1. The van der Waals surface area contributed by atoms with Gasteiger partial charge in [-0.3, -0.25) is 4.79 Å². The van der Waals surface area contributed by atoms with Gasteiger partial charge in [0.15, 0.2) is 0 Å². The Morgan fingerprint density at radius 3 is 2.24 bits per heavy atom. The summed E-state index contributed by atoms with van der Waals surface area (Å²) >= 11 is 0. The molecular formula is C18H31NO2. The van der Waals surface area contributed by atoms with Crippen LogP contribution in [0.25, 0.3) is 0 Å². The minimum absolute atomic E-state index is 0.255. The summed E-state index contributed by atoms with van der Waals surface area (Å²) in [6.45, 7) is 6.38. The molecule has 21 heavy (non-hydrogen) atoms. The maximum absolute atomic E-state index is 12.3. The van der Waals surface area contributed by atoms with Crippen LogP contribution in [0.1, 0.15) is 58.8 Å². The zero-order chi connectivity index (χ0) is 14.9. The Hall–Kier alpha value is -0.570. The molecule has 4 bridgehead atoms. The lowest BCUT2D eigenvalue weighted by Gasteiger charge is -2.56. The molecule has 0 aromatic carbocycles. The van der Waals surface area contributed by atoms with Gasteiger partial charge in [-0.05, 0) is 67.6 Å². The molecule has 0 aromatic rings. The van der Waals surface area contributed by atoms with Crippen LogP contribution in [0.15, 0.2) is 0 Å². The van der Waals surface area contributed by atoms with Gasteiger partial charge in [0.1, 0.15) is 0 Å². The molecule has 4 rings (SSSR count). The highest BCUT2D eigenvalue weighted by Crippen LogP contribution is 2.61. The molecule has 4 saturated carbocycles. The molecule has 0 aromatic heterocycles. The van der Waals surface area contributed by atoms with Gasteiger partial charge in [-0.1, -0.05) is 13.8 Å². The van der Waals surface area contributed by atoms with Crippen LogP contribution >= 0.6 is 0 Å². The largest absolute Gasteiger partial charge is 0.379 e. The van der Waals surface area contributed by atoms with Gasteiger partial charge < -0.3 is 10.1 Å². The first-order chi connectivity index (χ1) is 10.0. The van der Waals surface area contributed by atoms with Gasteiger partial charge in [0.05, 0.1) is 6.61 Å². The SMILES string of the molecule is CC(C)COCCNC(=O)CC12CC3CC(CC(C3)C1)C2. The first kappa shape index (κ1) is 15.3. The lowest BCUT2D eigenvalue weighted by atomic mass is 9.49. The average Bonchev–Trinajstić information content (AvgIpc) is 2.35. The molecule has 3 nitrogen and oxygen atoms in total. The molecule has 0 unspecified atom stereocenters. The van der Waals surface area contributed by atoms with Crippen molar-refractivity contribution in [1.29, 1.82) is 0 Å². The van der Waals surface area contributed by atoms with E-state index in [4.69, 9.17) is 4.74 Å². The number of amides is 1. The van der Waals surface area contributed by atoms with Crippen molar-refractivity contribution in [2.24, 2.45) is 29.1 Å². The maximum Gasteiger partial charge on any atom is 0.220 e. The van der Waals surface area contributed by atoms with Crippen molar-refractivity contribution < 1.29 is 9.53 Å². The Labute approximate surface area is 129 Å². The topological polar surface area (TPSA) is 38.3 Å². The van der Waals surface area contributed by atoms with E-state index in [0.29, 0.717) is 24.5 Å². The molecule has 120 valence electrons. The quantitative estimate of drug-likeness (QED) is 0.731. The van der Waals surface area contributed by atoms with E-state index < -0.39 is 0 Å². The predicted molar refractivity (Wildman–Crippen MR) is 83.9 cm³/mol. The molecule has 4 aliphatic carbocycles. The zero-order valence-corrected chi connectivity index (χ0v) is 13.7. The maximum atomic E-state index is 12.3. The normalized spacial score (nSPS) is 37.2. The summed E-state index contributed by atoms with van der Waals surface area (Å²) in [5.41, 5.74) is 0.359. The molecule has 0 aliphatic heterocycles. The number of ether oxygens (including phenoxy) is 1. The second-order valence-electron chi connectivity index (χ2n) is 8.41. The van der Waals surface area contributed by atoms with E-state index in [1.165, 1.54) is 38.5 Å². The number of carbonyl (C=O) groups is 1. The number of nitrogens with one attached hydrogen (secondary N) is 1. The van der Waals surface area contributed by atoms with Crippen molar-refractivity contribution in [3.63, 3.8) is 0 Å². The van der Waals surface area contributed by atoms with Crippen LogP contribution in [-0.4, -0.2) is 25.7 Å². The van der Waals surface area contributed by atoms with E-state index in [1.807, 2.05) is 0 Å². The van der Waals surface area contributed by atoms with Crippen LogP contribution in [0.4, 0.5) is 0 Å². The van der Waals surface area contributed by atoms with Crippen molar-refractivity contribution >= 4 is 5.91 Å². The highest BCUT2D eigenvalue weighted by Gasteiger charge is 2.51. The summed E-state index contributed by atoms with van der Waals surface area (Å²) in [7, 11) is 0. The summed E-state index contributed by atoms with van der Waals surface area (Å²) in [6, 6.07) is 0. The van der Waals surface area contributed by atoms with E-state index in [9.17, 15) is 4.79 Å². The van der Waals surface area contributed by atoms with E-state index in [2.05, 4.69) is 19.2 Å². The molecule has 1 amide bonds. The monoisotopic (exact) mass is 293 g/mol. The van der Waals surface area contributed by atoms with E-state index in [1.54, 1.807) is 0 Å². The highest BCUT2D eigenvalue weighted by atomic mass is 16.5. The lowest BCUT2D eigenvalue weighted by molar-refractivity contribution is -0.129. The second kappa shape index (κ2) is 6.28. The third-order valence-electron chi connectivity index (χ3n) is 5.72.